The minimum absolute atomic E-state index is 0.0745. The Labute approximate surface area is 211 Å². The number of halogens is 3. The first-order chi connectivity index (χ1) is 15.4. The largest absolute Gasteiger partial charge is 0.488 e. The van der Waals surface area contributed by atoms with E-state index in [0.717, 1.165) is 25.3 Å². The van der Waals surface area contributed by atoms with Crippen molar-refractivity contribution < 1.29 is 18.7 Å². The van der Waals surface area contributed by atoms with Crippen LogP contribution in [0.2, 0.25) is 0 Å². The monoisotopic (exact) mass is 654 g/mol. The number of urea groups is 1. The highest BCUT2D eigenvalue weighted by Gasteiger charge is 2.33. The number of nitrogens with one attached hydrogen (secondary N) is 1. The first-order valence-electron chi connectivity index (χ1n) is 9.65. The van der Waals surface area contributed by atoms with Crippen molar-refractivity contribution in [3.63, 3.8) is 0 Å². The normalized spacial score (nSPS) is 14.7. The molecule has 1 N–H and O–H groups in total. The molecule has 1 saturated heterocycles. The first kappa shape index (κ1) is 22.7. The van der Waals surface area contributed by atoms with E-state index in [1.165, 1.54) is 15.7 Å². The first-order valence-corrected chi connectivity index (χ1v) is 11.8. The van der Waals surface area contributed by atoms with Crippen LogP contribution in [0.5, 0.6) is 5.75 Å². The standard InChI is InChI=1S/C24H17FI2N2O3/c25-18-6-1-15(2-7-18)13-29-23(30)21(28-24(29)31)12-17-5-10-22(20(27)11-17)32-14-16-3-8-19(26)9-4-16/h1-12H,13-14H2,(H,28,31)/b21-12+. The van der Waals surface area contributed by atoms with E-state index in [1.807, 2.05) is 42.5 Å². The molecule has 5 nitrogen and oxygen atoms in total. The maximum Gasteiger partial charge on any atom is 0.329 e. The predicted molar refractivity (Wildman–Crippen MR) is 136 cm³/mol. The topological polar surface area (TPSA) is 58.6 Å². The lowest BCUT2D eigenvalue weighted by atomic mass is 10.1. The summed E-state index contributed by atoms with van der Waals surface area (Å²) in [5.41, 5.74) is 2.71. The number of hydrogen-bond donors (Lipinski definition) is 1. The van der Waals surface area contributed by atoms with Crippen LogP contribution in [0.15, 0.2) is 72.4 Å². The molecule has 3 aromatic rings. The van der Waals surface area contributed by atoms with Gasteiger partial charge in [0.15, 0.2) is 0 Å². The minimum atomic E-state index is -0.502. The fourth-order valence-electron chi connectivity index (χ4n) is 3.12. The molecular formula is C24H17FI2N2O3. The molecule has 1 fully saturated rings. The lowest BCUT2D eigenvalue weighted by Crippen LogP contribution is -2.30. The van der Waals surface area contributed by atoms with Crippen molar-refractivity contribution in [3.05, 3.63) is 102 Å². The van der Waals surface area contributed by atoms with Crippen molar-refractivity contribution in [1.29, 1.82) is 0 Å². The van der Waals surface area contributed by atoms with Crippen molar-refractivity contribution >= 4 is 63.2 Å². The van der Waals surface area contributed by atoms with E-state index in [9.17, 15) is 14.0 Å². The smallest absolute Gasteiger partial charge is 0.329 e. The van der Waals surface area contributed by atoms with E-state index < -0.39 is 11.9 Å². The van der Waals surface area contributed by atoms with Crippen LogP contribution in [0, 0.1) is 13.0 Å². The average Bonchev–Trinajstić information content (AvgIpc) is 3.03. The lowest BCUT2D eigenvalue weighted by Gasteiger charge is -2.11. The van der Waals surface area contributed by atoms with Gasteiger partial charge >= 0.3 is 6.03 Å². The SMILES string of the molecule is O=C1N/C(=C/c2ccc(OCc3ccc(I)cc3)c(I)c2)C(=O)N1Cc1ccc(F)cc1. The molecule has 3 aromatic carbocycles. The Morgan fingerprint density at radius 1 is 0.938 bits per heavy atom. The molecule has 0 radical (unpaired) electrons. The zero-order valence-corrected chi connectivity index (χ0v) is 21.0. The summed E-state index contributed by atoms with van der Waals surface area (Å²) in [5, 5.41) is 2.61. The molecule has 8 heteroatoms. The maximum absolute atomic E-state index is 13.1. The van der Waals surface area contributed by atoms with E-state index in [4.69, 9.17) is 4.74 Å². The Morgan fingerprint density at radius 3 is 2.31 bits per heavy atom. The highest BCUT2D eigenvalue weighted by atomic mass is 127. The van der Waals surface area contributed by atoms with Crippen molar-refractivity contribution in [2.24, 2.45) is 0 Å². The Balaban J connectivity index is 1.44. The average molecular weight is 654 g/mol. The number of carbonyl (C=O) groups excluding carboxylic acids is 2. The van der Waals surface area contributed by atoms with Crippen LogP contribution in [0.1, 0.15) is 16.7 Å². The van der Waals surface area contributed by atoms with Crippen LogP contribution in [0.4, 0.5) is 9.18 Å². The number of carbonyl (C=O) groups is 2. The number of imide groups is 1. The summed E-state index contributed by atoms with van der Waals surface area (Å²) in [7, 11) is 0. The van der Waals surface area contributed by atoms with Gasteiger partial charge in [0.2, 0.25) is 0 Å². The predicted octanol–water partition coefficient (Wildman–Crippen LogP) is 5.71. The van der Waals surface area contributed by atoms with Gasteiger partial charge in [-0.3, -0.25) is 9.69 Å². The molecule has 0 atom stereocenters. The fraction of sp³-hybridized carbons (Fsp3) is 0.0833. The zero-order chi connectivity index (χ0) is 22.7. The molecule has 1 aliphatic heterocycles. The summed E-state index contributed by atoms with van der Waals surface area (Å²) in [6, 6.07) is 18.9. The van der Waals surface area contributed by atoms with Crippen molar-refractivity contribution in [2.45, 2.75) is 13.2 Å². The van der Waals surface area contributed by atoms with Crippen LogP contribution in [0.3, 0.4) is 0 Å². The van der Waals surface area contributed by atoms with Gasteiger partial charge in [0, 0.05) is 3.57 Å². The molecule has 162 valence electrons. The van der Waals surface area contributed by atoms with Gasteiger partial charge in [-0.05, 0) is 104 Å². The summed E-state index contributed by atoms with van der Waals surface area (Å²) < 4.78 is 21.1. The highest BCUT2D eigenvalue weighted by Crippen LogP contribution is 2.25. The third-order valence-electron chi connectivity index (χ3n) is 4.79. The number of rotatable bonds is 6. The number of hydrogen-bond acceptors (Lipinski definition) is 3. The number of ether oxygens (including phenoxy) is 1. The summed E-state index contributed by atoms with van der Waals surface area (Å²) >= 11 is 4.44. The van der Waals surface area contributed by atoms with Gasteiger partial charge in [-0.15, -0.1) is 0 Å². The Morgan fingerprint density at radius 2 is 1.62 bits per heavy atom. The van der Waals surface area contributed by atoms with E-state index in [1.54, 1.807) is 18.2 Å². The maximum atomic E-state index is 13.1. The minimum Gasteiger partial charge on any atom is -0.488 e. The molecule has 1 aliphatic rings. The second-order valence-electron chi connectivity index (χ2n) is 7.11. The molecule has 32 heavy (non-hydrogen) atoms. The molecule has 0 aliphatic carbocycles. The lowest BCUT2D eigenvalue weighted by molar-refractivity contribution is -0.123. The van der Waals surface area contributed by atoms with Crippen LogP contribution in [-0.4, -0.2) is 16.8 Å². The van der Waals surface area contributed by atoms with E-state index in [2.05, 4.69) is 50.5 Å². The molecule has 0 bridgehead atoms. The van der Waals surface area contributed by atoms with Crippen molar-refractivity contribution in [3.8, 4) is 5.75 Å². The summed E-state index contributed by atoms with van der Waals surface area (Å²) in [6.45, 7) is 0.533. The van der Waals surface area contributed by atoms with Gasteiger partial charge in [-0.2, -0.15) is 0 Å². The third-order valence-corrected chi connectivity index (χ3v) is 6.35. The van der Waals surface area contributed by atoms with E-state index in [0.29, 0.717) is 12.2 Å². The Kier molecular flexibility index (Phi) is 7.09. The van der Waals surface area contributed by atoms with Crippen LogP contribution < -0.4 is 10.1 Å². The Bertz CT molecular complexity index is 1190. The molecular weight excluding hydrogens is 637 g/mol. The van der Waals surface area contributed by atoms with Gasteiger partial charge < -0.3 is 10.1 Å². The molecule has 0 spiro atoms. The van der Waals surface area contributed by atoms with Crippen LogP contribution in [0.25, 0.3) is 6.08 Å². The van der Waals surface area contributed by atoms with Gasteiger partial charge in [0.1, 0.15) is 23.9 Å². The quantitative estimate of drug-likeness (QED) is 0.211. The summed E-state index contributed by atoms with van der Waals surface area (Å²) in [4.78, 5) is 26.1. The molecule has 4 rings (SSSR count). The third kappa shape index (κ3) is 5.47. The van der Waals surface area contributed by atoms with E-state index in [-0.39, 0.29) is 18.1 Å². The molecule has 3 amide bonds. The molecule has 0 unspecified atom stereocenters. The van der Waals surface area contributed by atoms with Gasteiger partial charge in [0.05, 0.1) is 10.1 Å². The van der Waals surface area contributed by atoms with Crippen molar-refractivity contribution in [2.75, 3.05) is 0 Å². The molecule has 0 saturated carbocycles. The van der Waals surface area contributed by atoms with Gasteiger partial charge in [0.25, 0.3) is 5.91 Å². The van der Waals surface area contributed by atoms with E-state index >= 15 is 0 Å². The Hall–Kier alpha value is -2.47. The second-order valence-corrected chi connectivity index (χ2v) is 9.52. The van der Waals surface area contributed by atoms with Crippen LogP contribution >= 0.6 is 45.2 Å². The number of benzene rings is 3. The summed E-state index contributed by atoms with van der Waals surface area (Å²) in [5.74, 6) is -0.0495. The second kappa shape index (κ2) is 9.99. The molecule has 1 heterocycles. The summed E-state index contributed by atoms with van der Waals surface area (Å²) in [6.07, 6.45) is 1.63. The fourth-order valence-corrected chi connectivity index (χ4v) is 4.17. The zero-order valence-electron chi connectivity index (χ0n) is 16.6. The van der Waals surface area contributed by atoms with Crippen LogP contribution in [-0.2, 0) is 17.9 Å². The van der Waals surface area contributed by atoms with Crippen molar-refractivity contribution in [1.82, 2.24) is 10.2 Å². The highest BCUT2D eigenvalue weighted by molar-refractivity contribution is 14.1. The number of nitrogens with zero attached hydrogens (tertiary/aromatic N) is 1. The van der Waals surface area contributed by atoms with Gasteiger partial charge in [-0.1, -0.05) is 30.3 Å². The number of amides is 3. The van der Waals surface area contributed by atoms with Gasteiger partial charge in [-0.25, -0.2) is 9.18 Å². The molecule has 0 aromatic heterocycles.